The molecule has 1 amide bonds. The minimum Gasteiger partial charge on any atom is -0.347 e. The highest BCUT2D eigenvalue weighted by molar-refractivity contribution is 9.10. The number of rotatable bonds is 4. The van der Waals surface area contributed by atoms with E-state index in [2.05, 4.69) is 40.3 Å². The van der Waals surface area contributed by atoms with Crippen molar-refractivity contribution in [3.05, 3.63) is 34.3 Å². The molecule has 1 N–H and O–H groups in total. The van der Waals surface area contributed by atoms with Crippen LogP contribution in [0, 0.1) is 0 Å². The Labute approximate surface area is 111 Å². The number of carbonyl (C=O) groups excluding carboxylic acids is 1. The normalized spacial score (nSPS) is 14.2. The largest absolute Gasteiger partial charge is 0.347 e. The van der Waals surface area contributed by atoms with E-state index in [1.165, 1.54) is 0 Å². The van der Waals surface area contributed by atoms with Crippen molar-refractivity contribution in [3.63, 3.8) is 0 Å². The third kappa shape index (κ3) is 4.13. The second-order valence-corrected chi connectivity index (χ2v) is 5.31. The van der Waals surface area contributed by atoms with Crippen LogP contribution in [0.5, 0.6) is 0 Å². The van der Waals surface area contributed by atoms with Gasteiger partial charge in [0.15, 0.2) is 0 Å². The van der Waals surface area contributed by atoms with Gasteiger partial charge in [-0.15, -0.1) is 0 Å². The molecule has 0 aromatic heterocycles. The first-order valence-electron chi connectivity index (χ1n) is 5.64. The molecule has 0 saturated heterocycles. The topological polar surface area (TPSA) is 32.3 Å². The molecule has 0 aliphatic rings. The van der Waals surface area contributed by atoms with Gasteiger partial charge in [0.1, 0.15) is 0 Å². The van der Waals surface area contributed by atoms with E-state index in [4.69, 9.17) is 0 Å². The maximum absolute atomic E-state index is 11.7. The molecular weight excluding hydrogens is 280 g/mol. The third-order valence-corrected chi connectivity index (χ3v) is 3.15. The van der Waals surface area contributed by atoms with Crippen LogP contribution in [0.2, 0.25) is 0 Å². The maximum atomic E-state index is 11.7. The van der Waals surface area contributed by atoms with Crippen LogP contribution in [0.1, 0.15) is 25.5 Å². The highest BCUT2D eigenvalue weighted by Gasteiger charge is 2.17. The molecular formula is C13H19BrN2O. The van der Waals surface area contributed by atoms with Gasteiger partial charge >= 0.3 is 0 Å². The van der Waals surface area contributed by atoms with Gasteiger partial charge in [0, 0.05) is 24.6 Å². The van der Waals surface area contributed by atoms with E-state index < -0.39 is 0 Å². The Morgan fingerprint density at radius 1 is 1.35 bits per heavy atom. The van der Waals surface area contributed by atoms with Crippen LogP contribution >= 0.6 is 15.9 Å². The van der Waals surface area contributed by atoms with E-state index in [-0.39, 0.29) is 18.0 Å². The Hall–Kier alpha value is -0.870. The van der Waals surface area contributed by atoms with E-state index >= 15 is 0 Å². The fourth-order valence-electron chi connectivity index (χ4n) is 1.71. The molecule has 94 valence electrons. The number of benzene rings is 1. The molecule has 0 saturated carbocycles. The molecule has 1 aromatic rings. The molecule has 1 rings (SSSR count). The molecule has 0 aliphatic carbocycles. The summed E-state index contributed by atoms with van der Waals surface area (Å²) >= 11 is 3.45. The first kappa shape index (κ1) is 14.2. The lowest BCUT2D eigenvalue weighted by Gasteiger charge is -2.22. The smallest absolute Gasteiger partial charge is 0.238 e. The van der Waals surface area contributed by atoms with E-state index in [0.29, 0.717) is 0 Å². The minimum atomic E-state index is -0.181. The van der Waals surface area contributed by atoms with Crippen molar-refractivity contribution in [1.82, 2.24) is 10.2 Å². The molecule has 0 bridgehead atoms. The molecule has 0 aliphatic heterocycles. The summed E-state index contributed by atoms with van der Waals surface area (Å²) in [5.41, 5.74) is 1.16. The van der Waals surface area contributed by atoms with Crippen molar-refractivity contribution in [3.8, 4) is 0 Å². The Kier molecular flexibility index (Phi) is 5.15. The molecule has 0 fully saturated rings. The lowest BCUT2D eigenvalue weighted by molar-refractivity contribution is -0.130. The predicted molar refractivity (Wildman–Crippen MR) is 73.8 cm³/mol. The first-order valence-corrected chi connectivity index (χ1v) is 6.43. The summed E-state index contributed by atoms with van der Waals surface area (Å²) in [6, 6.07) is 8.06. The predicted octanol–water partition coefficient (Wildman–Crippen LogP) is 2.58. The van der Waals surface area contributed by atoms with Gasteiger partial charge in [0.25, 0.3) is 0 Å². The van der Waals surface area contributed by atoms with Crippen LogP contribution < -0.4 is 5.32 Å². The number of nitrogens with zero attached hydrogens (tertiary/aromatic N) is 1. The molecule has 17 heavy (non-hydrogen) atoms. The summed E-state index contributed by atoms with van der Waals surface area (Å²) in [6.07, 6.45) is 0. The highest BCUT2D eigenvalue weighted by Crippen LogP contribution is 2.18. The van der Waals surface area contributed by atoms with Crippen LogP contribution in [0.4, 0.5) is 0 Å². The van der Waals surface area contributed by atoms with Crippen LogP contribution in [-0.4, -0.2) is 30.9 Å². The number of nitrogens with one attached hydrogen (secondary N) is 1. The number of amides is 1. The Morgan fingerprint density at radius 2 is 2.00 bits per heavy atom. The van der Waals surface area contributed by atoms with E-state index in [0.717, 1.165) is 10.0 Å². The van der Waals surface area contributed by atoms with Gasteiger partial charge < -0.3 is 4.90 Å². The molecule has 2 atom stereocenters. The van der Waals surface area contributed by atoms with Crippen molar-refractivity contribution in [1.29, 1.82) is 0 Å². The summed E-state index contributed by atoms with van der Waals surface area (Å²) in [5.74, 6) is 0.0897. The van der Waals surface area contributed by atoms with Crippen LogP contribution in [0.25, 0.3) is 0 Å². The van der Waals surface area contributed by atoms with Gasteiger partial charge in [-0.05, 0) is 31.5 Å². The van der Waals surface area contributed by atoms with E-state index in [9.17, 15) is 4.79 Å². The molecule has 0 spiro atoms. The average molecular weight is 299 g/mol. The van der Waals surface area contributed by atoms with Crippen molar-refractivity contribution in [2.45, 2.75) is 25.9 Å². The number of likely N-dealkylation sites (N-methyl/N-ethyl adjacent to an activating group) is 1. The number of halogens is 1. The minimum absolute atomic E-state index is 0.0897. The fraction of sp³-hybridized carbons (Fsp3) is 0.462. The lowest BCUT2D eigenvalue weighted by atomic mass is 10.1. The number of hydrogen-bond donors (Lipinski definition) is 1. The van der Waals surface area contributed by atoms with Crippen LogP contribution in [0.15, 0.2) is 28.7 Å². The van der Waals surface area contributed by atoms with Gasteiger partial charge in [-0.1, -0.05) is 28.1 Å². The summed E-state index contributed by atoms with van der Waals surface area (Å²) in [5, 5.41) is 3.29. The molecule has 0 radical (unpaired) electrons. The zero-order valence-corrected chi connectivity index (χ0v) is 12.3. The molecule has 4 heteroatoms. The van der Waals surface area contributed by atoms with E-state index in [1.54, 1.807) is 19.0 Å². The molecule has 0 heterocycles. The van der Waals surface area contributed by atoms with Crippen molar-refractivity contribution < 1.29 is 4.79 Å². The Balaban J connectivity index is 2.66. The van der Waals surface area contributed by atoms with Crippen LogP contribution in [-0.2, 0) is 4.79 Å². The standard InChI is InChI=1S/C13H19BrN2O/c1-9(11-6-5-7-12(14)8-11)15-10(2)13(17)16(3)4/h5-10,15H,1-4H3/t9-,10?/m0/s1. The molecule has 3 nitrogen and oxygen atoms in total. The van der Waals surface area contributed by atoms with Crippen molar-refractivity contribution >= 4 is 21.8 Å². The van der Waals surface area contributed by atoms with Gasteiger partial charge in [-0.25, -0.2) is 0 Å². The lowest BCUT2D eigenvalue weighted by Crippen LogP contribution is -2.42. The molecule has 1 unspecified atom stereocenters. The van der Waals surface area contributed by atoms with Gasteiger partial charge in [-0.2, -0.15) is 0 Å². The third-order valence-electron chi connectivity index (χ3n) is 2.66. The van der Waals surface area contributed by atoms with E-state index in [1.807, 2.05) is 19.1 Å². The quantitative estimate of drug-likeness (QED) is 0.927. The van der Waals surface area contributed by atoms with Crippen LogP contribution in [0.3, 0.4) is 0 Å². The van der Waals surface area contributed by atoms with Gasteiger partial charge in [0.2, 0.25) is 5.91 Å². The maximum Gasteiger partial charge on any atom is 0.238 e. The summed E-state index contributed by atoms with van der Waals surface area (Å²) in [7, 11) is 3.54. The summed E-state index contributed by atoms with van der Waals surface area (Å²) < 4.78 is 1.05. The van der Waals surface area contributed by atoms with Gasteiger partial charge in [0.05, 0.1) is 6.04 Å². The monoisotopic (exact) mass is 298 g/mol. The first-order chi connectivity index (χ1) is 7.91. The summed E-state index contributed by atoms with van der Waals surface area (Å²) in [6.45, 7) is 3.94. The fourth-order valence-corrected chi connectivity index (χ4v) is 2.12. The average Bonchev–Trinajstić information content (AvgIpc) is 2.27. The SMILES string of the molecule is CC(N[C@@H](C)c1cccc(Br)c1)C(=O)N(C)C. The second kappa shape index (κ2) is 6.17. The molecule has 1 aromatic carbocycles. The summed E-state index contributed by atoms with van der Waals surface area (Å²) in [4.78, 5) is 13.3. The van der Waals surface area contributed by atoms with Gasteiger partial charge in [-0.3, -0.25) is 10.1 Å². The Bertz CT molecular complexity index is 393. The van der Waals surface area contributed by atoms with Crippen molar-refractivity contribution in [2.75, 3.05) is 14.1 Å². The zero-order chi connectivity index (χ0) is 13.0. The second-order valence-electron chi connectivity index (χ2n) is 4.40. The Morgan fingerprint density at radius 3 is 2.53 bits per heavy atom. The zero-order valence-electron chi connectivity index (χ0n) is 10.7. The highest BCUT2D eigenvalue weighted by atomic mass is 79.9. The number of carbonyl (C=O) groups is 1. The number of hydrogen-bond acceptors (Lipinski definition) is 2. The van der Waals surface area contributed by atoms with Crippen molar-refractivity contribution in [2.24, 2.45) is 0 Å².